The van der Waals surface area contributed by atoms with Gasteiger partial charge in [-0.15, -0.1) is 0 Å². The lowest BCUT2D eigenvalue weighted by atomic mass is 10.2. The van der Waals surface area contributed by atoms with E-state index in [9.17, 15) is 4.79 Å². The lowest BCUT2D eigenvalue weighted by Gasteiger charge is -2.16. The summed E-state index contributed by atoms with van der Waals surface area (Å²) < 4.78 is 13.2. The molecule has 6 nitrogen and oxygen atoms in total. The maximum Gasteiger partial charge on any atom is 0.287 e. The fraction of sp³-hybridized carbons (Fsp3) is 0.217. The summed E-state index contributed by atoms with van der Waals surface area (Å²) in [6.07, 6.45) is 1.48. The second-order valence-electron chi connectivity index (χ2n) is 6.94. The molecule has 0 aliphatic carbocycles. The number of nitrogens with one attached hydrogen (secondary N) is 1. The molecule has 6 heteroatoms. The van der Waals surface area contributed by atoms with Crippen molar-refractivity contribution in [3.63, 3.8) is 0 Å². The summed E-state index contributed by atoms with van der Waals surface area (Å²) in [4.78, 5) is 17.1. The molecule has 1 amide bonds. The molecule has 2 heterocycles. The maximum atomic E-state index is 12.4. The van der Waals surface area contributed by atoms with Crippen molar-refractivity contribution in [3.05, 3.63) is 84.1 Å². The van der Waals surface area contributed by atoms with Gasteiger partial charge in [0.1, 0.15) is 18.2 Å². The van der Waals surface area contributed by atoms with E-state index in [1.54, 1.807) is 12.1 Å². The zero-order valence-corrected chi connectivity index (χ0v) is 16.5. The molecule has 29 heavy (non-hydrogen) atoms. The van der Waals surface area contributed by atoms with Crippen molar-refractivity contribution in [2.24, 2.45) is 0 Å². The van der Waals surface area contributed by atoms with E-state index in [0.717, 1.165) is 22.6 Å². The Hall–Kier alpha value is -3.54. The monoisotopic (exact) mass is 389 g/mol. The normalized spacial score (nSPS) is 12.1. The highest BCUT2D eigenvalue weighted by atomic mass is 16.5. The highest BCUT2D eigenvalue weighted by Crippen LogP contribution is 2.21. The second-order valence-corrected chi connectivity index (χ2v) is 6.94. The van der Waals surface area contributed by atoms with E-state index in [1.165, 1.54) is 11.8 Å². The molecule has 0 fully saturated rings. The van der Waals surface area contributed by atoms with Gasteiger partial charge in [0.25, 0.3) is 5.91 Å². The van der Waals surface area contributed by atoms with Crippen molar-refractivity contribution >= 4 is 16.9 Å². The fourth-order valence-electron chi connectivity index (χ4n) is 3.29. The van der Waals surface area contributed by atoms with E-state index in [4.69, 9.17) is 14.1 Å². The first-order valence-corrected chi connectivity index (χ1v) is 9.61. The summed E-state index contributed by atoms with van der Waals surface area (Å²) in [6.45, 7) is 5.07. The molecule has 0 saturated heterocycles. The number of rotatable bonds is 7. The van der Waals surface area contributed by atoms with Crippen LogP contribution < -0.4 is 10.1 Å². The number of furan rings is 1. The number of para-hydroxylation sites is 2. The number of aryl methyl sites for hydroxylation is 1. The topological polar surface area (TPSA) is 69.3 Å². The number of aromatic nitrogens is 2. The average molecular weight is 389 g/mol. The largest absolute Gasteiger partial charge is 0.492 e. The number of fused-ring (bicyclic) bond motifs is 1. The zero-order chi connectivity index (χ0) is 20.2. The van der Waals surface area contributed by atoms with Gasteiger partial charge in [0.05, 0.1) is 29.9 Å². The first kappa shape index (κ1) is 18.8. The molecule has 4 aromatic rings. The smallest absolute Gasteiger partial charge is 0.287 e. The van der Waals surface area contributed by atoms with Crippen molar-refractivity contribution in [3.8, 4) is 5.75 Å². The van der Waals surface area contributed by atoms with Crippen LogP contribution in [0.25, 0.3) is 11.0 Å². The standard InChI is InChI=1S/C23H23N3O3/c1-16-9-11-18(12-10-16)28-15-13-26-20-7-4-3-6-19(20)25-22(26)17(2)24-23(27)21-8-5-14-29-21/h3-12,14,17H,13,15H2,1-2H3,(H,24,27)/t17-/m0/s1. The Kier molecular flexibility index (Phi) is 5.33. The maximum absolute atomic E-state index is 12.4. The van der Waals surface area contributed by atoms with E-state index in [2.05, 4.69) is 9.88 Å². The third-order valence-corrected chi connectivity index (χ3v) is 4.77. The predicted octanol–water partition coefficient (Wildman–Crippen LogP) is 4.51. The van der Waals surface area contributed by atoms with Gasteiger partial charge >= 0.3 is 0 Å². The molecule has 148 valence electrons. The summed E-state index contributed by atoms with van der Waals surface area (Å²) >= 11 is 0. The Morgan fingerprint density at radius 3 is 2.69 bits per heavy atom. The predicted molar refractivity (Wildman–Crippen MR) is 111 cm³/mol. The van der Waals surface area contributed by atoms with Crippen LogP contribution in [0.15, 0.2) is 71.3 Å². The molecule has 0 aliphatic rings. The van der Waals surface area contributed by atoms with Crippen LogP contribution in [0.2, 0.25) is 0 Å². The van der Waals surface area contributed by atoms with Crippen LogP contribution in [-0.2, 0) is 6.54 Å². The van der Waals surface area contributed by atoms with Gasteiger partial charge in [-0.2, -0.15) is 0 Å². The van der Waals surface area contributed by atoms with E-state index < -0.39 is 0 Å². The SMILES string of the molecule is Cc1ccc(OCCn2c([C@H](C)NC(=O)c3ccco3)nc3ccccc32)cc1. The minimum atomic E-state index is -0.292. The van der Waals surface area contributed by atoms with Gasteiger partial charge in [0.15, 0.2) is 5.76 Å². The van der Waals surface area contributed by atoms with Crippen LogP contribution in [0.4, 0.5) is 0 Å². The van der Waals surface area contributed by atoms with Gasteiger partial charge in [-0.3, -0.25) is 4.79 Å². The Balaban J connectivity index is 1.53. The number of imidazole rings is 1. The lowest BCUT2D eigenvalue weighted by molar-refractivity contribution is 0.0909. The molecule has 0 unspecified atom stereocenters. The molecule has 1 atom stereocenters. The summed E-state index contributed by atoms with van der Waals surface area (Å²) in [6, 6.07) is 19.0. The Labute approximate surface area is 169 Å². The van der Waals surface area contributed by atoms with Crippen LogP contribution in [0.3, 0.4) is 0 Å². The number of nitrogens with zero attached hydrogens (tertiary/aromatic N) is 2. The van der Waals surface area contributed by atoms with Crippen LogP contribution in [0, 0.1) is 6.92 Å². The molecular weight excluding hydrogens is 366 g/mol. The van der Waals surface area contributed by atoms with Crippen LogP contribution in [0.5, 0.6) is 5.75 Å². The quantitative estimate of drug-likeness (QED) is 0.505. The molecular formula is C23H23N3O3. The van der Waals surface area contributed by atoms with E-state index in [1.807, 2.05) is 62.4 Å². The van der Waals surface area contributed by atoms with Gasteiger partial charge in [-0.1, -0.05) is 29.8 Å². The van der Waals surface area contributed by atoms with Crippen molar-refractivity contribution in [1.29, 1.82) is 0 Å². The number of benzene rings is 2. The van der Waals surface area contributed by atoms with Gasteiger partial charge < -0.3 is 19.0 Å². The Morgan fingerprint density at radius 1 is 1.14 bits per heavy atom. The van der Waals surface area contributed by atoms with Gasteiger partial charge in [0.2, 0.25) is 0 Å². The van der Waals surface area contributed by atoms with Gasteiger partial charge in [-0.05, 0) is 50.2 Å². The van der Waals surface area contributed by atoms with Crippen molar-refractivity contribution in [2.45, 2.75) is 26.4 Å². The van der Waals surface area contributed by atoms with Crippen molar-refractivity contribution in [1.82, 2.24) is 14.9 Å². The number of hydrogen-bond donors (Lipinski definition) is 1. The van der Waals surface area contributed by atoms with Crippen molar-refractivity contribution in [2.75, 3.05) is 6.61 Å². The average Bonchev–Trinajstić information content (AvgIpc) is 3.38. The summed E-state index contributed by atoms with van der Waals surface area (Å²) in [5, 5.41) is 2.96. The first-order chi connectivity index (χ1) is 14.1. The highest BCUT2D eigenvalue weighted by molar-refractivity contribution is 5.91. The molecule has 4 rings (SSSR count). The zero-order valence-electron chi connectivity index (χ0n) is 16.5. The molecule has 0 bridgehead atoms. The number of ether oxygens (including phenoxy) is 1. The van der Waals surface area contributed by atoms with Gasteiger partial charge in [-0.25, -0.2) is 4.98 Å². The third kappa shape index (κ3) is 4.16. The highest BCUT2D eigenvalue weighted by Gasteiger charge is 2.20. The third-order valence-electron chi connectivity index (χ3n) is 4.77. The van der Waals surface area contributed by atoms with Gasteiger partial charge in [0, 0.05) is 0 Å². The van der Waals surface area contributed by atoms with Crippen LogP contribution in [0.1, 0.15) is 34.9 Å². The summed E-state index contributed by atoms with van der Waals surface area (Å²) in [7, 11) is 0. The Morgan fingerprint density at radius 2 is 1.93 bits per heavy atom. The van der Waals surface area contributed by atoms with E-state index >= 15 is 0 Å². The molecule has 2 aromatic heterocycles. The van der Waals surface area contributed by atoms with E-state index in [-0.39, 0.29) is 17.7 Å². The first-order valence-electron chi connectivity index (χ1n) is 9.61. The summed E-state index contributed by atoms with van der Waals surface area (Å²) in [5.74, 6) is 1.62. The fourth-order valence-corrected chi connectivity index (χ4v) is 3.29. The minimum absolute atomic E-state index is 0.267. The van der Waals surface area contributed by atoms with Crippen molar-refractivity contribution < 1.29 is 13.9 Å². The second kappa shape index (κ2) is 8.22. The summed E-state index contributed by atoms with van der Waals surface area (Å²) in [5.41, 5.74) is 3.09. The molecule has 0 saturated carbocycles. The molecule has 0 spiro atoms. The molecule has 0 radical (unpaired) electrons. The van der Waals surface area contributed by atoms with Crippen LogP contribution >= 0.6 is 0 Å². The van der Waals surface area contributed by atoms with Crippen LogP contribution in [-0.4, -0.2) is 22.1 Å². The number of amides is 1. The van der Waals surface area contributed by atoms with E-state index in [0.29, 0.717) is 13.2 Å². The lowest BCUT2D eigenvalue weighted by Crippen LogP contribution is -2.28. The number of carbonyl (C=O) groups excluding carboxylic acids is 1. The Bertz CT molecular complexity index is 1100. The number of carbonyl (C=O) groups is 1. The molecule has 1 N–H and O–H groups in total. The minimum Gasteiger partial charge on any atom is -0.492 e. The number of hydrogen-bond acceptors (Lipinski definition) is 4. The molecule has 0 aliphatic heterocycles. The molecule has 2 aromatic carbocycles.